The predicted molar refractivity (Wildman–Crippen MR) is 90.3 cm³/mol. The maximum absolute atomic E-state index is 12.7. The summed E-state index contributed by atoms with van der Waals surface area (Å²) in [6.07, 6.45) is 9.95. The molecule has 0 radical (unpaired) electrons. The van der Waals surface area contributed by atoms with Crippen LogP contribution in [0.1, 0.15) is 57.1 Å². The normalized spacial score (nSPS) is 23.0. The molecule has 3 rings (SSSR count). The summed E-state index contributed by atoms with van der Waals surface area (Å²) in [5.74, 6) is 0.0277. The molecule has 0 bridgehead atoms. The van der Waals surface area contributed by atoms with Gasteiger partial charge in [0.05, 0.1) is 12.2 Å². The van der Waals surface area contributed by atoms with E-state index in [2.05, 4.69) is 15.5 Å². The average Bonchev–Trinajstić information content (AvgIpc) is 3.16. The van der Waals surface area contributed by atoms with Gasteiger partial charge in [-0.1, -0.05) is 0 Å². The Morgan fingerprint density at radius 2 is 1.96 bits per heavy atom. The van der Waals surface area contributed by atoms with Crippen molar-refractivity contribution in [1.82, 2.24) is 25.3 Å². The molecule has 2 N–H and O–H groups in total. The molecule has 1 aromatic rings. The summed E-state index contributed by atoms with van der Waals surface area (Å²) in [7, 11) is 0. The molecule has 1 aromatic heterocycles. The van der Waals surface area contributed by atoms with Crippen molar-refractivity contribution in [1.29, 1.82) is 0 Å². The van der Waals surface area contributed by atoms with Gasteiger partial charge in [-0.15, -0.1) is 0 Å². The number of nitrogens with one attached hydrogen (secondary N) is 2. The van der Waals surface area contributed by atoms with Crippen LogP contribution in [-0.4, -0.2) is 57.6 Å². The van der Waals surface area contributed by atoms with Gasteiger partial charge in [-0.2, -0.15) is 5.10 Å². The van der Waals surface area contributed by atoms with Crippen LogP contribution >= 0.6 is 0 Å². The molecule has 2 saturated heterocycles. The lowest BCUT2D eigenvalue weighted by Crippen LogP contribution is -2.53. The van der Waals surface area contributed by atoms with Crippen LogP contribution in [0.4, 0.5) is 4.79 Å². The smallest absolute Gasteiger partial charge is 0.318 e. The van der Waals surface area contributed by atoms with Crippen LogP contribution in [0.5, 0.6) is 0 Å². The molecule has 2 aliphatic heterocycles. The Kier molecular flexibility index (Phi) is 5.37. The van der Waals surface area contributed by atoms with E-state index in [0.29, 0.717) is 6.54 Å². The number of aromatic amines is 1. The summed E-state index contributed by atoms with van der Waals surface area (Å²) >= 11 is 0. The molecular weight excluding hydrogens is 306 g/mol. The lowest BCUT2D eigenvalue weighted by molar-refractivity contribution is -0.133. The SMILES string of the molecule is C[C@H](NC(=O)N1CCCC[C@H]1c1cn[nH]c1)C(=O)N1CCCCC1. The van der Waals surface area contributed by atoms with E-state index in [9.17, 15) is 9.59 Å². The van der Waals surface area contributed by atoms with Crippen molar-refractivity contribution in [3.05, 3.63) is 18.0 Å². The zero-order valence-corrected chi connectivity index (χ0v) is 14.3. The van der Waals surface area contributed by atoms with Gasteiger partial charge in [-0.3, -0.25) is 9.89 Å². The molecule has 0 aliphatic carbocycles. The summed E-state index contributed by atoms with van der Waals surface area (Å²) in [6, 6.07) is -0.601. The van der Waals surface area contributed by atoms with Crippen molar-refractivity contribution in [3.8, 4) is 0 Å². The van der Waals surface area contributed by atoms with E-state index in [1.807, 2.05) is 16.0 Å². The number of amides is 3. The third-order valence-corrected chi connectivity index (χ3v) is 5.05. The van der Waals surface area contributed by atoms with Crippen molar-refractivity contribution >= 4 is 11.9 Å². The van der Waals surface area contributed by atoms with Gasteiger partial charge in [0, 0.05) is 31.4 Å². The van der Waals surface area contributed by atoms with Crippen molar-refractivity contribution in [3.63, 3.8) is 0 Å². The molecule has 0 saturated carbocycles. The van der Waals surface area contributed by atoms with Gasteiger partial charge >= 0.3 is 6.03 Å². The fraction of sp³-hybridized carbons (Fsp3) is 0.706. The molecule has 2 aliphatic rings. The number of piperidine rings is 2. The van der Waals surface area contributed by atoms with Crippen LogP contribution in [0.3, 0.4) is 0 Å². The second-order valence-corrected chi connectivity index (χ2v) is 6.79. The van der Waals surface area contributed by atoms with E-state index in [-0.39, 0.29) is 18.0 Å². The Morgan fingerprint density at radius 1 is 1.21 bits per heavy atom. The van der Waals surface area contributed by atoms with Gasteiger partial charge in [-0.05, 0) is 45.4 Å². The fourth-order valence-corrected chi connectivity index (χ4v) is 3.68. The molecular formula is C17H27N5O2. The Labute approximate surface area is 142 Å². The highest BCUT2D eigenvalue weighted by Gasteiger charge is 2.31. The number of carbonyl (C=O) groups excluding carboxylic acids is 2. The maximum Gasteiger partial charge on any atom is 0.318 e. The first kappa shape index (κ1) is 16.8. The molecule has 7 nitrogen and oxygen atoms in total. The number of aromatic nitrogens is 2. The summed E-state index contributed by atoms with van der Waals surface area (Å²) < 4.78 is 0. The minimum atomic E-state index is -0.484. The number of H-pyrrole nitrogens is 1. The third-order valence-electron chi connectivity index (χ3n) is 5.05. The first-order valence-corrected chi connectivity index (χ1v) is 9.01. The molecule has 2 fully saturated rings. The summed E-state index contributed by atoms with van der Waals surface area (Å²) in [4.78, 5) is 28.9. The number of nitrogens with zero attached hydrogens (tertiary/aromatic N) is 3. The first-order valence-electron chi connectivity index (χ1n) is 9.01. The number of carbonyl (C=O) groups is 2. The third kappa shape index (κ3) is 3.71. The van der Waals surface area contributed by atoms with Crippen LogP contribution in [-0.2, 0) is 4.79 Å². The van der Waals surface area contributed by atoms with Crippen molar-refractivity contribution < 1.29 is 9.59 Å². The second-order valence-electron chi connectivity index (χ2n) is 6.79. The van der Waals surface area contributed by atoms with Crippen LogP contribution < -0.4 is 5.32 Å². The van der Waals surface area contributed by atoms with Gasteiger partial charge in [-0.25, -0.2) is 4.79 Å². The van der Waals surface area contributed by atoms with Gasteiger partial charge in [0.15, 0.2) is 0 Å². The minimum absolute atomic E-state index is 0.0277. The van der Waals surface area contributed by atoms with Gasteiger partial charge in [0.25, 0.3) is 0 Å². The summed E-state index contributed by atoms with van der Waals surface area (Å²) in [6.45, 7) is 4.11. The quantitative estimate of drug-likeness (QED) is 0.888. The molecule has 2 atom stereocenters. The lowest BCUT2D eigenvalue weighted by atomic mass is 9.98. The van der Waals surface area contributed by atoms with E-state index >= 15 is 0 Å². The monoisotopic (exact) mass is 333 g/mol. The summed E-state index contributed by atoms with van der Waals surface area (Å²) in [5.41, 5.74) is 1.03. The van der Waals surface area contributed by atoms with Crippen LogP contribution in [0.2, 0.25) is 0 Å². The number of likely N-dealkylation sites (tertiary alicyclic amines) is 2. The Hall–Kier alpha value is -2.05. The van der Waals surface area contributed by atoms with Gasteiger partial charge in [0.2, 0.25) is 5.91 Å². The molecule has 0 unspecified atom stereocenters. The Bertz CT molecular complexity index is 553. The van der Waals surface area contributed by atoms with Crippen LogP contribution in [0.15, 0.2) is 12.4 Å². The summed E-state index contributed by atoms with van der Waals surface area (Å²) in [5, 5.41) is 9.72. The molecule has 3 amide bonds. The topological polar surface area (TPSA) is 81.3 Å². The molecule has 0 aromatic carbocycles. The van der Waals surface area contributed by atoms with Crippen molar-refractivity contribution in [2.75, 3.05) is 19.6 Å². The predicted octanol–water partition coefficient (Wildman–Crippen LogP) is 2.05. The first-order chi connectivity index (χ1) is 11.7. The Morgan fingerprint density at radius 3 is 2.67 bits per heavy atom. The zero-order chi connectivity index (χ0) is 16.9. The number of hydrogen-bond acceptors (Lipinski definition) is 3. The standard InChI is InChI=1S/C17H27N5O2/c1-13(16(23)21-8-4-2-5-9-21)20-17(24)22-10-6-3-7-15(22)14-11-18-19-12-14/h11-13,15H,2-10H2,1H3,(H,18,19)(H,20,24)/t13-,15-/m0/s1. The van der Waals surface area contributed by atoms with E-state index in [1.165, 1.54) is 6.42 Å². The van der Waals surface area contributed by atoms with E-state index < -0.39 is 6.04 Å². The highest BCUT2D eigenvalue weighted by atomic mass is 16.2. The van der Waals surface area contributed by atoms with E-state index in [4.69, 9.17) is 0 Å². The van der Waals surface area contributed by atoms with Crippen LogP contribution in [0.25, 0.3) is 0 Å². The maximum atomic E-state index is 12.7. The molecule has 132 valence electrons. The fourth-order valence-electron chi connectivity index (χ4n) is 3.68. The molecule has 3 heterocycles. The highest BCUT2D eigenvalue weighted by Crippen LogP contribution is 2.30. The number of rotatable bonds is 3. The van der Waals surface area contributed by atoms with Crippen molar-refractivity contribution in [2.45, 2.75) is 57.5 Å². The second kappa shape index (κ2) is 7.68. The average molecular weight is 333 g/mol. The highest BCUT2D eigenvalue weighted by molar-refractivity contribution is 5.87. The van der Waals surface area contributed by atoms with Gasteiger partial charge < -0.3 is 15.1 Å². The number of urea groups is 1. The minimum Gasteiger partial charge on any atom is -0.341 e. The lowest BCUT2D eigenvalue weighted by Gasteiger charge is -2.36. The van der Waals surface area contributed by atoms with Crippen molar-refractivity contribution in [2.24, 2.45) is 0 Å². The number of hydrogen-bond donors (Lipinski definition) is 2. The van der Waals surface area contributed by atoms with E-state index in [0.717, 1.165) is 50.8 Å². The largest absolute Gasteiger partial charge is 0.341 e. The van der Waals surface area contributed by atoms with Crippen LogP contribution in [0, 0.1) is 0 Å². The van der Waals surface area contributed by atoms with Gasteiger partial charge in [0.1, 0.15) is 6.04 Å². The molecule has 24 heavy (non-hydrogen) atoms. The molecule has 0 spiro atoms. The Balaban J connectivity index is 1.61. The zero-order valence-electron chi connectivity index (χ0n) is 14.3. The molecule has 7 heteroatoms. The van der Waals surface area contributed by atoms with E-state index in [1.54, 1.807) is 13.1 Å².